The maximum absolute atomic E-state index is 3.69. The van der Waals surface area contributed by atoms with Gasteiger partial charge < -0.3 is 0 Å². The van der Waals surface area contributed by atoms with Crippen LogP contribution in [0.25, 0.3) is 20.9 Å². The fraction of sp³-hybridized carbons (Fsp3) is 0.125. The van der Waals surface area contributed by atoms with Gasteiger partial charge in [0, 0.05) is 20.1 Å². The van der Waals surface area contributed by atoms with E-state index in [1.165, 1.54) is 32.0 Å². The van der Waals surface area contributed by atoms with Crippen LogP contribution >= 0.6 is 86.4 Å². The number of hydrogen-bond acceptors (Lipinski definition) is 2. The zero-order chi connectivity index (χ0) is 16.0. The van der Waals surface area contributed by atoms with E-state index >= 15 is 0 Å². The molecule has 3 aromatic rings. The average molecular weight is 586 g/mol. The molecule has 3 rings (SSSR count). The Bertz CT molecular complexity index is 790. The predicted molar refractivity (Wildman–Crippen MR) is 113 cm³/mol. The third-order valence-corrected chi connectivity index (χ3v) is 8.55. The third kappa shape index (κ3) is 3.33. The molecule has 0 aliphatic rings. The van der Waals surface area contributed by atoms with E-state index in [1.807, 2.05) is 0 Å². The summed E-state index contributed by atoms with van der Waals surface area (Å²) < 4.78 is 4.51. The summed E-state index contributed by atoms with van der Waals surface area (Å²) in [5.74, 6) is 0. The van der Waals surface area contributed by atoms with Crippen molar-refractivity contribution in [1.82, 2.24) is 0 Å². The molecule has 0 radical (unpaired) electrons. The monoisotopic (exact) mass is 582 g/mol. The molecule has 0 fully saturated rings. The van der Waals surface area contributed by atoms with Crippen LogP contribution in [0.1, 0.15) is 11.1 Å². The highest BCUT2D eigenvalue weighted by Crippen LogP contribution is 2.48. The van der Waals surface area contributed by atoms with Crippen LogP contribution in [0.2, 0.25) is 0 Å². The number of rotatable bonds is 2. The van der Waals surface area contributed by atoms with Crippen LogP contribution in [-0.4, -0.2) is 0 Å². The van der Waals surface area contributed by atoms with Gasteiger partial charge in [0.1, 0.15) is 0 Å². The fourth-order valence-corrected chi connectivity index (χ4v) is 7.57. The summed E-state index contributed by atoms with van der Waals surface area (Å²) in [7, 11) is 0. The van der Waals surface area contributed by atoms with Crippen molar-refractivity contribution in [3.8, 4) is 20.9 Å². The lowest BCUT2D eigenvalue weighted by atomic mass is 9.98. The molecular formula is C16H10Br4S2. The molecule has 0 spiro atoms. The van der Waals surface area contributed by atoms with Crippen molar-refractivity contribution in [3.05, 3.63) is 51.9 Å². The Labute approximate surface area is 171 Å². The molecule has 2 aromatic heterocycles. The van der Waals surface area contributed by atoms with Gasteiger partial charge in [-0.25, -0.2) is 0 Å². The minimum atomic E-state index is 1.13. The topological polar surface area (TPSA) is 0 Å². The Kier molecular flexibility index (Phi) is 5.37. The molecule has 0 nitrogen and oxygen atoms in total. The maximum atomic E-state index is 3.69. The summed E-state index contributed by atoms with van der Waals surface area (Å²) in [6, 6.07) is 8.79. The molecule has 1 aromatic carbocycles. The first-order chi connectivity index (χ1) is 10.4. The molecule has 22 heavy (non-hydrogen) atoms. The van der Waals surface area contributed by atoms with E-state index in [-0.39, 0.29) is 0 Å². The van der Waals surface area contributed by atoms with Crippen molar-refractivity contribution in [2.75, 3.05) is 0 Å². The predicted octanol–water partition coefficient (Wildman–Crippen LogP) is 8.81. The highest BCUT2D eigenvalue weighted by atomic mass is 79.9. The summed E-state index contributed by atoms with van der Waals surface area (Å²) in [5.41, 5.74) is 5.14. The average Bonchev–Trinajstić information content (AvgIpc) is 2.94. The number of hydrogen-bond donors (Lipinski definition) is 0. The molecular weight excluding hydrogens is 576 g/mol. The van der Waals surface area contributed by atoms with Crippen LogP contribution in [0.4, 0.5) is 0 Å². The maximum Gasteiger partial charge on any atom is 0.0716 e. The van der Waals surface area contributed by atoms with Gasteiger partial charge in [0.25, 0.3) is 0 Å². The molecule has 6 heteroatoms. The van der Waals surface area contributed by atoms with Crippen LogP contribution in [0.3, 0.4) is 0 Å². The second-order valence-electron chi connectivity index (χ2n) is 4.94. The number of thiophene rings is 2. The van der Waals surface area contributed by atoms with E-state index < -0.39 is 0 Å². The number of benzene rings is 1. The van der Waals surface area contributed by atoms with Crippen molar-refractivity contribution in [2.24, 2.45) is 0 Å². The van der Waals surface area contributed by atoms with Crippen LogP contribution in [0.5, 0.6) is 0 Å². The Morgan fingerprint density at radius 1 is 0.636 bits per heavy atom. The third-order valence-electron chi connectivity index (χ3n) is 3.44. The molecule has 0 aliphatic heterocycles. The molecule has 0 amide bonds. The van der Waals surface area contributed by atoms with E-state index in [4.69, 9.17) is 0 Å². The Hall–Kier alpha value is 0.540. The standard InChI is InChI=1S/C16H10Br4S2/c1-7-3-9(15-11(17)5-13(19)21-15)10(4-8(7)2)16-12(18)6-14(20)22-16/h3-6H,1-2H3. The molecule has 0 aliphatic carbocycles. The lowest BCUT2D eigenvalue weighted by Gasteiger charge is -2.12. The zero-order valence-electron chi connectivity index (χ0n) is 11.6. The Morgan fingerprint density at radius 3 is 1.27 bits per heavy atom. The van der Waals surface area contributed by atoms with Gasteiger partial charge in [-0.3, -0.25) is 0 Å². The lowest BCUT2D eigenvalue weighted by molar-refractivity contribution is 1.35. The van der Waals surface area contributed by atoms with Gasteiger partial charge in [-0.05, 0) is 113 Å². The highest BCUT2D eigenvalue weighted by molar-refractivity contribution is 9.12. The number of halogens is 4. The van der Waals surface area contributed by atoms with Crippen LogP contribution in [0, 0.1) is 13.8 Å². The zero-order valence-corrected chi connectivity index (χ0v) is 19.6. The fourth-order valence-electron chi connectivity index (χ4n) is 2.24. The molecule has 0 unspecified atom stereocenters. The summed E-state index contributed by atoms with van der Waals surface area (Å²) in [5, 5.41) is 0. The van der Waals surface area contributed by atoms with E-state index in [1.54, 1.807) is 22.7 Å². The van der Waals surface area contributed by atoms with Crippen LogP contribution in [-0.2, 0) is 0 Å². The first-order valence-electron chi connectivity index (χ1n) is 6.38. The lowest BCUT2D eigenvalue weighted by Crippen LogP contribution is -1.88. The first-order valence-corrected chi connectivity index (χ1v) is 11.2. The Morgan fingerprint density at radius 2 is 1.00 bits per heavy atom. The van der Waals surface area contributed by atoms with Gasteiger partial charge in [-0.15, -0.1) is 22.7 Å². The number of aryl methyl sites for hydroxylation is 2. The van der Waals surface area contributed by atoms with Crippen molar-refractivity contribution >= 4 is 86.4 Å². The quantitative estimate of drug-likeness (QED) is 0.282. The van der Waals surface area contributed by atoms with E-state index in [2.05, 4.69) is 102 Å². The highest BCUT2D eigenvalue weighted by Gasteiger charge is 2.18. The summed E-state index contributed by atoms with van der Waals surface area (Å²) in [4.78, 5) is 2.50. The smallest absolute Gasteiger partial charge is 0.0716 e. The minimum Gasteiger partial charge on any atom is -0.127 e. The first kappa shape index (κ1) is 17.4. The van der Waals surface area contributed by atoms with Gasteiger partial charge in [0.2, 0.25) is 0 Å². The summed E-state index contributed by atoms with van der Waals surface area (Å²) >= 11 is 18.1. The van der Waals surface area contributed by atoms with Gasteiger partial charge >= 0.3 is 0 Å². The second kappa shape index (κ2) is 6.81. The van der Waals surface area contributed by atoms with Gasteiger partial charge in [0.15, 0.2) is 0 Å². The molecule has 0 saturated heterocycles. The summed E-state index contributed by atoms with van der Waals surface area (Å²) in [6.45, 7) is 4.33. The van der Waals surface area contributed by atoms with Crippen molar-refractivity contribution in [1.29, 1.82) is 0 Å². The van der Waals surface area contributed by atoms with Gasteiger partial charge in [-0.1, -0.05) is 0 Å². The van der Waals surface area contributed by atoms with Crippen LogP contribution < -0.4 is 0 Å². The molecule has 0 atom stereocenters. The normalized spacial score (nSPS) is 11.2. The van der Waals surface area contributed by atoms with Crippen molar-refractivity contribution < 1.29 is 0 Å². The molecule has 0 N–H and O–H groups in total. The minimum absolute atomic E-state index is 1.13. The van der Waals surface area contributed by atoms with E-state index in [0.717, 1.165) is 16.5 Å². The van der Waals surface area contributed by atoms with Crippen LogP contribution in [0.15, 0.2) is 40.8 Å². The van der Waals surface area contributed by atoms with Crippen molar-refractivity contribution in [2.45, 2.75) is 13.8 Å². The molecule has 2 heterocycles. The second-order valence-corrected chi connectivity index (χ2v) is 11.5. The molecule has 114 valence electrons. The van der Waals surface area contributed by atoms with E-state index in [9.17, 15) is 0 Å². The Balaban J connectivity index is 2.32. The summed E-state index contributed by atoms with van der Waals surface area (Å²) in [6.07, 6.45) is 0. The largest absolute Gasteiger partial charge is 0.127 e. The van der Waals surface area contributed by atoms with E-state index in [0.29, 0.717) is 0 Å². The molecule has 0 bridgehead atoms. The molecule has 0 saturated carbocycles. The van der Waals surface area contributed by atoms with Crippen molar-refractivity contribution in [3.63, 3.8) is 0 Å². The van der Waals surface area contributed by atoms with Gasteiger partial charge in [0.05, 0.1) is 17.3 Å². The van der Waals surface area contributed by atoms with Gasteiger partial charge in [-0.2, -0.15) is 0 Å². The SMILES string of the molecule is Cc1cc(-c2sc(Br)cc2Br)c(-c2sc(Br)cc2Br)cc1C.